The molecule has 1 aromatic carbocycles. The van der Waals surface area contributed by atoms with Gasteiger partial charge in [-0.05, 0) is 42.0 Å². The molecule has 0 aliphatic rings. The molecule has 0 spiro atoms. The number of hydrogen-bond donors (Lipinski definition) is 1. The summed E-state index contributed by atoms with van der Waals surface area (Å²) in [6.45, 7) is 5.26. The van der Waals surface area contributed by atoms with Crippen LogP contribution in [0.2, 0.25) is 5.02 Å². The molecule has 0 radical (unpaired) electrons. The molecule has 0 aliphatic carbocycles. The van der Waals surface area contributed by atoms with Crippen molar-refractivity contribution in [1.82, 2.24) is 5.32 Å². The summed E-state index contributed by atoms with van der Waals surface area (Å²) in [4.78, 5) is 1.43. The molecule has 1 heterocycles. The normalized spacial score (nSPS) is 12.6. The van der Waals surface area contributed by atoms with Gasteiger partial charge in [0.1, 0.15) is 0 Å². The Morgan fingerprint density at radius 1 is 1.28 bits per heavy atom. The second kappa shape index (κ2) is 6.37. The van der Waals surface area contributed by atoms with Crippen LogP contribution in [0.4, 0.5) is 0 Å². The lowest BCUT2D eigenvalue weighted by molar-refractivity contribution is 0.577. The lowest BCUT2D eigenvalue weighted by Crippen LogP contribution is -2.18. The Morgan fingerprint density at radius 2 is 2.06 bits per heavy atom. The Bertz CT molecular complexity index is 507. The van der Waals surface area contributed by atoms with Crippen LogP contribution in [-0.4, -0.2) is 0 Å². The molecule has 0 fully saturated rings. The number of aryl methyl sites for hydroxylation is 1. The monoisotopic (exact) mass is 279 g/mol. The van der Waals surface area contributed by atoms with E-state index in [1.165, 1.54) is 10.4 Å². The van der Waals surface area contributed by atoms with Gasteiger partial charge in [0.25, 0.3) is 0 Å². The van der Waals surface area contributed by atoms with Gasteiger partial charge in [0.2, 0.25) is 0 Å². The fraction of sp³-hybridized carbons (Fsp3) is 0.333. The Kier molecular flexibility index (Phi) is 4.81. The predicted molar refractivity (Wildman–Crippen MR) is 80.4 cm³/mol. The van der Waals surface area contributed by atoms with Crippen LogP contribution in [0.25, 0.3) is 0 Å². The Balaban J connectivity index is 2.01. The standard InChI is InChI=1S/C15H18ClNS/c1-3-12-8-9-18-15(12)10-17-11(2)13-6-4-5-7-14(13)16/h4-9,11,17H,3,10H2,1-2H3. The summed E-state index contributed by atoms with van der Waals surface area (Å²) in [5.41, 5.74) is 2.60. The highest BCUT2D eigenvalue weighted by molar-refractivity contribution is 7.10. The van der Waals surface area contributed by atoms with Crippen LogP contribution >= 0.6 is 22.9 Å². The third-order valence-corrected chi connectivity index (χ3v) is 4.47. The molecule has 1 unspecified atom stereocenters. The SMILES string of the molecule is CCc1ccsc1CNC(C)c1ccccc1Cl. The van der Waals surface area contributed by atoms with Crippen molar-refractivity contribution in [3.8, 4) is 0 Å². The minimum atomic E-state index is 0.269. The Labute approximate surface area is 118 Å². The predicted octanol–water partition coefficient (Wildman–Crippen LogP) is 4.81. The van der Waals surface area contributed by atoms with Crippen molar-refractivity contribution in [3.63, 3.8) is 0 Å². The first-order valence-electron chi connectivity index (χ1n) is 6.25. The van der Waals surface area contributed by atoms with Crippen LogP contribution < -0.4 is 5.32 Å². The van der Waals surface area contributed by atoms with E-state index in [9.17, 15) is 0 Å². The van der Waals surface area contributed by atoms with Gasteiger partial charge >= 0.3 is 0 Å². The third-order valence-electron chi connectivity index (χ3n) is 3.16. The molecule has 2 aromatic rings. The average molecular weight is 280 g/mol. The number of nitrogens with one attached hydrogen (secondary N) is 1. The maximum atomic E-state index is 6.20. The maximum Gasteiger partial charge on any atom is 0.0453 e. The molecule has 0 saturated heterocycles. The first-order chi connectivity index (χ1) is 8.72. The first-order valence-corrected chi connectivity index (χ1v) is 7.51. The van der Waals surface area contributed by atoms with Gasteiger partial charge in [-0.15, -0.1) is 11.3 Å². The van der Waals surface area contributed by atoms with Gasteiger partial charge < -0.3 is 5.32 Å². The molecule has 1 aromatic heterocycles. The molecule has 1 atom stereocenters. The zero-order valence-electron chi connectivity index (χ0n) is 10.7. The zero-order chi connectivity index (χ0) is 13.0. The largest absolute Gasteiger partial charge is 0.305 e. The molecule has 18 heavy (non-hydrogen) atoms. The highest BCUT2D eigenvalue weighted by Gasteiger charge is 2.09. The smallest absolute Gasteiger partial charge is 0.0453 e. The number of benzene rings is 1. The summed E-state index contributed by atoms with van der Waals surface area (Å²) >= 11 is 8.02. The molecule has 3 heteroatoms. The van der Waals surface area contributed by atoms with Crippen LogP contribution in [0.3, 0.4) is 0 Å². The summed E-state index contributed by atoms with van der Waals surface area (Å²) in [6, 6.07) is 10.5. The lowest BCUT2D eigenvalue weighted by atomic mass is 10.1. The minimum Gasteiger partial charge on any atom is -0.305 e. The second-order valence-electron chi connectivity index (χ2n) is 4.35. The van der Waals surface area contributed by atoms with Crippen LogP contribution in [0.5, 0.6) is 0 Å². The number of hydrogen-bond acceptors (Lipinski definition) is 2. The van der Waals surface area contributed by atoms with Crippen LogP contribution in [0, 0.1) is 0 Å². The summed E-state index contributed by atoms with van der Waals surface area (Å²) in [7, 11) is 0. The quantitative estimate of drug-likeness (QED) is 0.828. The summed E-state index contributed by atoms with van der Waals surface area (Å²) in [5, 5.41) is 6.54. The van der Waals surface area contributed by atoms with E-state index in [0.29, 0.717) is 0 Å². The number of thiophene rings is 1. The molecule has 0 aliphatic heterocycles. The van der Waals surface area contributed by atoms with Crippen molar-refractivity contribution >= 4 is 22.9 Å². The van der Waals surface area contributed by atoms with Gasteiger partial charge in [0.15, 0.2) is 0 Å². The molecule has 96 valence electrons. The molecule has 0 saturated carbocycles. The minimum absolute atomic E-state index is 0.269. The molecule has 1 nitrogen and oxygen atoms in total. The average Bonchev–Trinajstić information content (AvgIpc) is 2.84. The highest BCUT2D eigenvalue weighted by Crippen LogP contribution is 2.23. The number of halogens is 1. The Hall–Kier alpha value is -0.830. The molecular weight excluding hydrogens is 262 g/mol. The summed E-state index contributed by atoms with van der Waals surface area (Å²) in [6.07, 6.45) is 1.10. The van der Waals surface area contributed by atoms with E-state index < -0.39 is 0 Å². The van der Waals surface area contributed by atoms with Crippen molar-refractivity contribution in [3.05, 3.63) is 56.7 Å². The highest BCUT2D eigenvalue weighted by atomic mass is 35.5. The van der Waals surface area contributed by atoms with Crippen molar-refractivity contribution in [2.24, 2.45) is 0 Å². The fourth-order valence-corrected chi connectivity index (χ4v) is 3.25. The molecule has 2 rings (SSSR count). The van der Waals surface area contributed by atoms with Crippen molar-refractivity contribution in [2.75, 3.05) is 0 Å². The molecule has 0 amide bonds. The van der Waals surface area contributed by atoms with Gasteiger partial charge in [0.05, 0.1) is 0 Å². The van der Waals surface area contributed by atoms with Crippen molar-refractivity contribution in [1.29, 1.82) is 0 Å². The van der Waals surface area contributed by atoms with E-state index in [2.05, 4.69) is 36.7 Å². The van der Waals surface area contributed by atoms with E-state index in [0.717, 1.165) is 23.6 Å². The molecular formula is C15H18ClNS. The molecule has 1 N–H and O–H groups in total. The van der Waals surface area contributed by atoms with Crippen molar-refractivity contribution < 1.29 is 0 Å². The van der Waals surface area contributed by atoms with Crippen LogP contribution in [0.15, 0.2) is 35.7 Å². The maximum absolute atomic E-state index is 6.20. The van der Waals surface area contributed by atoms with Gasteiger partial charge in [-0.25, -0.2) is 0 Å². The third kappa shape index (κ3) is 3.14. The Morgan fingerprint density at radius 3 is 2.78 bits per heavy atom. The molecule has 0 bridgehead atoms. The van der Waals surface area contributed by atoms with E-state index in [1.807, 2.05) is 29.5 Å². The topological polar surface area (TPSA) is 12.0 Å². The summed E-state index contributed by atoms with van der Waals surface area (Å²) in [5.74, 6) is 0. The zero-order valence-corrected chi connectivity index (χ0v) is 12.3. The van der Waals surface area contributed by atoms with E-state index in [-0.39, 0.29) is 6.04 Å². The van der Waals surface area contributed by atoms with Gasteiger partial charge in [-0.1, -0.05) is 36.7 Å². The van der Waals surface area contributed by atoms with Gasteiger partial charge in [-0.3, -0.25) is 0 Å². The first kappa shape index (κ1) is 13.6. The van der Waals surface area contributed by atoms with Crippen LogP contribution in [-0.2, 0) is 13.0 Å². The second-order valence-corrected chi connectivity index (χ2v) is 5.75. The van der Waals surface area contributed by atoms with Crippen molar-refractivity contribution in [2.45, 2.75) is 32.9 Å². The lowest BCUT2D eigenvalue weighted by Gasteiger charge is -2.15. The van der Waals surface area contributed by atoms with Gasteiger partial charge in [0, 0.05) is 22.5 Å². The van der Waals surface area contributed by atoms with E-state index in [4.69, 9.17) is 11.6 Å². The van der Waals surface area contributed by atoms with Gasteiger partial charge in [-0.2, -0.15) is 0 Å². The van der Waals surface area contributed by atoms with E-state index >= 15 is 0 Å². The van der Waals surface area contributed by atoms with Crippen LogP contribution in [0.1, 0.15) is 35.9 Å². The summed E-state index contributed by atoms with van der Waals surface area (Å²) < 4.78 is 0. The fourth-order valence-electron chi connectivity index (χ4n) is 2.02. The van der Waals surface area contributed by atoms with E-state index in [1.54, 1.807) is 0 Å². The number of rotatable bonds is 5.